The number of ketones is 1. The number of carbonyl (C=O) groups is 3. The zero-order valence-corrected chi connectivity index (χ0v) is 26.4. The van der Waals surface area contributed by atoms with Gasteiger partial charge in [0.05, 0.1) is 13.7 Å². The van der Waals surface area contributed by atoms with E-state index in [9.17, 15) is 14.4 Å². The fraction of sp³-hybridized carbons (Fsp3) is 0.308. The molecule has 4 aromatic rings. The fourth-order valence-electron chi connectivity index (χ4n) is 5.98. The molecule has 4 aromatic carbocycles. The number of benzene rings is 4. The molecule has 1 aliphatic carbocycles. The van der Waals surface area contributed by atoms with Gasteiger partial charge in [0.25, 0.3) is 0 Å². The number of esters is 1. The van der Waals surface area contributed by atoms with Crippen LogP contribution in [-0.4, -0.2) is 48.9 Å². The summed E-state index contributed by atoms with van der Waals surface area (Å²) in [6, 6.07) is 33.3. The van der Waals surface area contributed by atoms with Crippen LogP contribution in [0.15, 0.2) is 109 Å². The number of amides is 1. The lowest BCUT2D eigenvalue weighted by Crippen LogP contribution is -2.36. The monoisotopic (exact) mass is 618 g/mol. The van der Waals surface area contributed by atoms with Gasteiger partial charge in [-0.25, -0.2) is 4.79 Å². The standard InChI is InChI=1S/C39H42N2O5/c1-45-39(44)36(40-35-20-11-10-19-34(35)37(42)31-15-6-3-7-16-31)27-29-21-23-33(24-22-29)46-26-12-25-41(28-30-13-4-2-5-14-30)38(43)32-17-8-9-18-32/h2-7,10-11,13-16,19-24,32,36,40H,8-9,12,17-18,25-28H2,1H3/t36-/m0/s1. The molecule has 1 N–H and O–H groups in total. The lowest BCUT2D eigenvalue weighted by atomic mass is 10.00. The Morgan fingerprint density at radius 3 is 2.15 bits per heavy atom. The molecule has 0 spiro atoms. The molecule has 7 nitrogen and oxygen atoms in total. The van der Waals surface area contributed by atoms with Gasteiger partial charge in [-0.1, -0.05) is 97.8 Å². The summed E-state index contributed by atoms with van der Waals surface area (Å²) < 4.78 is 11.1. The lowest BCUT2D eigenvalue weighted by molar-refractivity contribution is -0.141. The second-order valence-corrected chi connectivity index (χ2v) is 11.7. The highest BCUT2D eigenvalue weighted by molar-refractivity contribution is 6.12. The van der Waals surface area contributed by atoms with E-state index in [0.29, 0.717) is 42.9 Å². The van der Waals surface area contributed by atoms with Crippen LogP contribution in [-0.2, 0) is 27.3 Å². The molecule has 1 aliphatic rings. The molecule has 46 heavy (non-hydrogen) atoms. The van der Waals surface area contributed by atoms with Crippen LogP contribution in [0.3, 0.4) is 0 Å². The number of hydrogen-bond acceptors (Lipinski definition) is 6. The zero-order chi connectivity index (χ0) is 32.1. The molecule has 1 fully saturated rings. The van der Waals surface area contributed by atoms with Crippen molar-refractivity contribution in [2.75, 3.05) is 25.6 Å². The largest absolute Gasteiger partial charge is 0.494 e. The first kappa shape index (κ1) is 32.5. The Kier molecular flexibility index (Phi) is 11.6. The molecular weight excluding hydrogens is 576 g/mol. The Morgan fingerprint density at radius 2 is 1.46 bits per heavy atom. The van der Waals surface area contributed by atoms with Crippen LogP contribution >= 0.6 is 0 Å². The molecule has 0 heterocycles. The first-order valence-corrected chi connectivity index (χ1v) is 16.1. The Balaban J connectivity index is 1.17. The molecule has 7 heteroatoms. The maximum atomic E-state index is 13.3. The van der Waals surface area contributed by atoms with Crippen LogP contribution < -0.4 is 10.1 Å². The summed E-state index contributed by atoms with van der Waals surface area (Å²) in [6.45, 7) is 1.75. The third kappa shape index (κ3) is 8.84. The number of hydrogen-bond donors (Lipinski definition) is 1. The number of nitrogens with zero attached hydrogens (tertiary/aromatic N) is 1. The number of ether oxygens (including phenoxy) is 2. The van der Waals surface area contributed by atoms with E-state index in [1.165, 1.54) is 7.11 Å². The minimum absolute atomic E-state index is 0.125. The summed E-state index contributed by atoms with van der Waals surface area (Å²) in [4.78, 5) is 41.3. The maximum absolute atomic E-state index is 13.3. The molecule has 0 saturated heterocycles. The normalized spacial score (nSPS) is 13.5. The number of carbonyl (C=O) groups excluding carboxylic acids is 3. The van der Waals surface area contributed by atoms with E-state index in [2.05, 4.69) is 17.4 Å². The summed E-state index contributed by atoms with van der Waals surface area (Å²) in [5.41, 5.74) is 3.68. The van der Waals surface area contributed by atoms with Gasteiger partial charge < -0.3 is 19.7 Å². The van der Waals surface area contributed by atoms with Crippen molar-refractivity contribution in [3.8, 4) is 5.75 Å². The molecule has 238 valence electrons. The number of rotatable bonds is 15. The Bertz CT molecular complexity index is 1570. The summed E-state index contributed by atoms with van der Waals surface area (Å²) in [7, 11) is 1.36. The van der Waals surface area contributed by atoms with E-state index < -0.39 is 12.0 Å². The third-order valence-corrected chi connectivity index (χ3v) is 8.46. The predicted molar refractivity (Wildman–Crippen MR) is 180 cm³/mol. The van der Waals surface area contributed by atoms with E-state index in [0.717, 1.165) is 49.0 Å². The molecule has 5 rings (SSSR count). The number of methoxy groups -OCH3 is 1. The van der Waals surface area contributed by atoms with Crippen LogP contribution in [0.4, 0.5) is 5.69 Å². The minimum atomic E-state index is -0.700. The average Bonchev–Trinajstić information content (AvgIpc) is 3.65. The zero-order valence-electron chi connectivity index (χ0n) is 26.4. The number of para-hydroxylation sites is 1. The van der Waals surface area contributed by atoms with E-state index >= 15 is 0 Å². The van der Waals surface area contributed by atoms with Crippen LogP contribution in [0.25, 0.3) is 0 Å². The van der Waals surface area contributed by atoms with Crippen molar-refractivity contribution in [1.29, 1.82) is 0 Å². The van der Waals surface area contributed by atoms with Gasteiger partial charge in [-0.3, -0.25) is 9.59 Å². The van der Waals surface area contributed by atoms with Crippen molar-refractivity contribution in [2.24, 2.45) is 5.92 Å². The van der Waals surface area contributed by atoms with Crippen molar-refractivity contribution in [3.63, 3.8) is 0 Å². The summed E-state index contributed by atoms with van der Waals surface area (Å²) >= 11 is 0. The van der Waals surface area contributed by atoms with Crippen molar-refractivity contribution < 1.29 is 23.9 Å². The smallest absolute Gasteiger partial charge is 0.328 e. The van der Waals surface area contributed by atoms with Gasteiger partial charge in [-0.05, 0) is 54.7 Å². The van der Waals surface area contributed by atoms with Gasteiger partial charge in [0.15, 0.2) is 5.78 Å². The fourth-order valence-corrected chi connectivity index (χ4v) is 5.98. The molecule has 1 saturated carbocycles. The first-order valence-electron chi connectivity index (χ1n) is 16.1. The average molecular weight is 619 g/mol. The lowest BCUT2D eigenvalue weighted by Gasteiger charge is -2.26. The topological polar surface area (TPSA) is 84.9 Å². The summed E-state index contributed by atoms with van der Waals surface area (Å²) in [5, 5.41) is 3.25. The quantitative estimate of drug-likeness (QED) is 0.0869. The van der Waals surface area contributed by atoms with Gasteiger partial charge >= 0.3 is 5.97 Å². The van der Waals surface area contributed by atoms with E-state index in [1.807, 2.05) is 77.7 Å². The van der Waals surface area contributed by atoms with Crippen LogP contribution in [0.5, 0.6) is 5.75 Å². The molecule has 0 bridgehead atoms. The Labute approximate surface area is 271 Å². The molecule has 0 aliphatic heterocycles. The predicted octanol–water partition coefficient (Wildman–Crippen LogP) is 7.10. The summed E-state index contributed by atoms with van der Waals surface area (Å²) in [6.07, 6.45) is 5.31. The molecule has 0 radical (unpaired) electrons. The van der Waals surface area contributed by atoms with Crippen LogP contribution in [0.1, 0.15) is 59.2 Å². The minimum Gasteiger partial charge on any atom is -0.494 e. The molecule has 1 atom stereocenters. The highest BCUT2D eigenvalue weighted by atomic mass is 16.5. The van der Waals surface area contributed by atoms with Gasteiger partial charge in [-0.15, -0.1) is 0 Å². The van der Waals surface area contributed by atoms with E-state index in [1.54, 1.807) is 24.3 Å². The van der Waals surface area contributed by atoms with Gasteiger partial charge in [-0.2, -0.15) is 0 Å². The van der Waals surface area contributed by atoms with E-state index in [-0.39, 0.29) is 17.6 Å². The van der Waals surface area contributed by atoms with Crippen molar-refractivity contribution >= 4 is 23.3 Å². The maximum Gasteiger partial charge on any atom is 0.328 e. The second kappa shape index (κ2) is 16.4. The molecule has 0 aromatic heterocycles. The molecule has 0 unspecified atom stereocenters. The van der Waals surface area contributed by atoms with Gasteiger partial charge in [0, 0.05) is 42.2 Å². The summed E-state index contributed by atoms with van der Waals surface area (Å²) in [5.74, 6) is 0.570. The Morgan fingerprint density at radius 1 is 0.804 bits per heavy atom. The van der Waals surface area contributed by atoms with Crippen molar-refractivity contribution in [3.05, 3.63) is 131 Å². The molecular formula is C39H42N2O5. The van der Waals surface area contributed by atoms with Gasteiger partial charge in [0.2, 0.25) is 5.91 Å². The Hall–Kier alpha value is -4.91. The highest BCUT2D eigenvalue weighted by Crippen LogP contribution is 2.27. The molecule has 1 amide bonds. The number of nitrogens with one attached hydrogen (secondary N) is 1. The number of anilines is 1. The first-order chi connectivity index (χ1) is 22.5. The van der Waals surface area contributed by atoms with Crippen LogP contribution in [0, 0.1) is 5.92 Å². The third-order valence-electron chi connectivity index (χ3n) is 8.46. The SMILES string of the molecule is COC(=O)[C@H](Cc1ccc(OCCCN(Cc2ccccc2)C(=O)C2CCCC2)cc1)Nc1ccccc1C(=O)c1ccccc1. The van der Waals surface area contributed by atoms with Crippen molar-refractivity contribution in [1.82, 2.24) is 4.90 Å². The highest BCUT2D eigenvalue weighted by Gasteiger charge is 2.27. The second-order valence-electron chi connectivity index (χ2n) is 11.7. The van der Waals surface area contributed by atoms with Gasteiger partial charge in [0.1, 0.15) is 11.8 Å². The van der Waals surface area contributed by atoms with E-state index in [4.69, 9.17) is 9.47 Å². The van der Waals surface area contributed by atoms with Crippen LogP contribution in [0.2, 0.25) is 0 Å². The van der Waals surface area contributed by atoms with Crippen molar-refractivity contribution in [2.45, 2.75) is 51.1 Å².